The number of amides is 1. The number of carbonyl (C=O) groups excluding carboxylic acids is 1. The van der Waals surface area contributed by atoms with Crippen molar-refractivity contribution in [1.29, 1.82) is 0 Å². The fourth-order valence-corrected chi connectivity index (χ4v) is 4.62. The van der Waals surface area contributed by atoms with Crippen LogP contribution in [-0.2, 0) is 4.74 Å². The van der Waals surface area contributed by atoms with Crippen LogP contribution in [0.15, 0.2) is 22.6 Å². The zero-order valence-corrected chi connectivity index (χ0v) is 18.9. The molecule has 1 aromatic carbocycles. The van der Waals surface area contributed by atoms with Gasteiger partial charge in [-0.3, -0.25) is 4.79 Å². The summed E-state index contributed by atoms with van der Waals surface area (Å²) in [6, 6.07) is 5.98. The summed E-state index contributed by atoms with van der Waals surface area (Å²) in [6.45, 7) is 11.6. The van der Waals surface area contributed by atoms with Crippen LogP contribution in [0.3, 0.4) is 0 Å². The van der Waals surface area contributed by atoms with Crippen LogP contribution in [0.5, 0.6) is 5.75 Å². The molecule has 6 nitrogen and oxygen atoms in total. The van der Waals surface area contributed by atoms with Crippen LogP contribution in [0.25, 0.3) is 11.0 Å². The van der Waals surface area contributed by atoms with Crippen LogP contribution in [0.2, 0.25) is 5.02 Å². The van der Waals surface area contributed by atoms with Gasteiger partial charge in [0.2, 0.25) is 0 Å². The number of halogens is 1. The number of piperidine rings is 1. The molecule has 0 bridgehead atoms. The molecular formula is C23H31ClN2O4. The molecule has 0 radical (unpaired) electrons. The maximum Gasteiger partial charge on any atom is 0.289 e. The summed E-state index contributed by atoms with van der Waals surface area (Å²) in [4.78, 5) is 17.2. The number of rotatable bonds is 4. The zero-order valence-electron chi connectivity index (χ0n) is 18.2. The molecule has 0 aliphatic carbocycles. The Hall–Kier alpha value is -1.76. The van der Waals surface area contributed by atoms with Crippen LogP contribution in [0.4, 0.5) is 0 Å². The predicted molar refractivity (Wildman–Crippen MR) is 117 cm³/mol. The molecule has 164 valence electrons. The molecule has 2 aromatic rings. The number of furan rings is 1. The van der Waals surface area contributed by atoms with Gasteiger partial charge >= 0.3 is 0 Å². The van der Waals surface area contributed by atoms with E-state index in [2.05, 4.69) is 18.7 Å². The molecule has 3 heterocycles. The first kappa shape index (κ1) is 21.5. The van der Waals surface area contributed by atoms with E-state index >= 15 is 0 Å². The normalized spacial score (nSPS) is 24.0. The van der Waals surface area contributed by atoms with Crippen molar-refractivity contribution in [3.63, 3.8) is 0 Å². The average molecular weight is 435 g/mol. The average Bonchev–Trinajstić information content (AvgIpc) is 3.10. The Morgan fingerprint density at radius 2 is 1.80 bits per heavy atom. The third-order valence-corrected chi connectivity index (χ3v) is 6.28. The van der Waals surface area contributed by atoms with Crippen molar-refractivity contribution in [2.24, 2.45) is 0 Å². The summed E-state index contributed by atoms with van der Waals surface area (Å²) < 4.78 is 17.8. The molecule has 2 aliphatic rings. The second-order valence-corrected chi connectivity index (χ2v) is 9.25. The summed E-state index contributed by atoms with van der Waals surface area (Å²) in [6.07, 6.45) is 2.14. The van der Waals surface area contributed by atoms with Crippen molar-refractivity contribution in [1.82, 2.24) is 9.80 Å². The van der Waals surface area contributed by atoms with E-state index in [4.69, 9.17) is 25.5 Å². The molecule has 1 aromatic heterocycles. The molecule has 2 atom stereocenters. The van der Waals surface area contributed by atoms with Crippen molar-refractivity contribution in [3.8, 4) is 5.75 Å². The quantitative estimate of drug-likeness (QED) is 0.704. The highest BCUT2D eigenvalue weighted by Crippen LogP contribution is 2.34. The highest BCUT2D eigenvalue weighted by molar-refractivity contribution is 6.32. The highest BCUT2D eigenvalue weighted by Gasteiger charge is 2.29. The lowest BCUT2D eigenvalue weighted by Crippen LogP contribution is -2.48. The van der Waals surface area contributed by atoms with Gasteiger partial charge < -0.3 is 23.7 Å². The van der Waals surface area contributed by atoms with Gasteiger partial charge in [-0.05, 0) is 52.7 Å². The number of hydrogen-bond acceptors (Lipinski definition) is 5. The molecule has 4 rings (SSSR count). The number of morpholine rings is 1. The minimum atomic E-state index is -0.118. The molecule has 2 saturated heterocycles. The molecular weight excluding hydrogens is 404 g/mol. The number of nitrogens with zero attached hydrogens (tertiary/aromatic N) is 2. The Morgan fingerprint density at radius 1 is 1.13 bits per heavy atom. The van der Waals surface area contributed by atoms with Crippen molar-refractivity contribution in [2.75, 3.05) is 26.2 Å². The maximum atomic E-state index is 12.9. The van der Waals surface area contributed by atoms with E-state index in [0.29, 0.717) is 41.2 Å². The van der Waals surface area contributed by atoms with Gasteiger partial charge in [-0.2, -0.15) is 0 Å². The molecule has 30 heavy (non-hydrogen) atoms. The van der Waals surface area contributed by atoms with Gasteiger partial charge in [-0.15, -0.1) is 0 Å². The molecule has 1 amide bonds. The van der Waals surface area contributed by atoms with Crippen LogP contribution in [0, 0.1) is 0 Å². The molecule has 0 spiro atoms. The van der Waals surface area contributed by atoms with E-state index in [9.17, 15) is 4.79 Å². The predicted octanol–water partition coefficient (Wildman–Crippen LogP) is 4.59. The van der Waals surface area contributed by atoms with Gasteiger partial charge in [0.1, 0.15) is 17.4 Å². The van der Waals surface area contributed by atoms with Gasteiger partial charge in [0.25, 0.3) is 5.91 Å². The van der Waals surface area contributed by atoms with Gasteiger partial charge in [0, 0.05) is 43.7 Å². The Balaban J connectivity index is 1.48. The van der Waals surface area contributed by atoms with Crippen molar-refractivity contribution in [3.05, 3.63) is 29.0 Å². The molecule has 2 fully saturated rings. The smallest absolute Gasteiger partial charge is 0.289 e. The number of ether oxygens (including phenoxy) is 2. The topological polar surface area (TPSA) is 55.2 Å². The summed E-state index contributed by atoms with van der Waals surface area (Å²) in [5.41, 5.74) is 0.597. The standard InChI is InChI=1S/C23H31ClN2O4/c1-14(2)25-7-5-18(6-8-25)29-21-9-17-10-22(30-20(17)11-19(21)24)23(27)26-12-15(3)28-16(4)13-26/h9-11,14-16,18H,5-8,12-13H2,1-4H3/t15-,16+. The van der Waals surface area contributed by atoms with E-state index in [-0.39, 0.29) is 24.2 Å². The Labute approximate surface area is 183 Å². The molecule has 0 N–H and O–H groups in total. The first-order valence-electron chi connectivity index (χ1n) is 10.9. The number of hydrogen-bond donors (Lipinski definition) is 0. The Kier molecular flexibility index (Phi) is 6.28. The number of likely N-dealkylation sites (tertiary alicyclic amines) is 1. The Bertz CT molecular complexity index is 894. The summed E-state index contributed by atoms with van der Waals surface area (Å²) in [5, 5.41) is 1.34. The molecule has 7 heteroatoms. The van der Waals surface area contributed by atoms with E-state index in [1.807, 2.05) is 19.9 Å². The monoisotopic (exact) mass is 434 g/mol. The van der Waals surface area contributed by atoms with E-state index in [0.717, 1.165) is 31.3 Å². The van der Waals surface area contributed by atoms with Gasteiger partial charge in [-0.25, -0.2) is 0 Å². The van der Waals surface area contributed by atoms with Crippen LogP contribution >= 0.6 is 11.6 Å². The van der Waals surface area contributed by atoms with Crippen LogP contribution in [-0.4, -0.2) is 66.2 Å². The minimum Gasteiger partial charge on any atom is -0.489 e. The van der Waals surface area contributed by atoms with E-state index in [1.165, 1.54) is 0 Å². The summed E-state index contributed by atoms with van der Waals surface area (Å²) in [7, 11) is 0. The van der Waals surface area contributed by atoms with Crippen LogP contribution < -0.4 is 4.74 Å². The van der Waals surface area contributed by atoms with E-state index in [1.54, 1.807) is 17.0 Å². The third kappa shape index (κ3) is 4.61. The van der Waals surface area contributed by atoms with Crippen molar-refractivity contribution in [2.45, 2.75) is 64.9 Å². The van der Waals surface area contributed by atoms with Gasteiger partial charge in [-0.1, -0.05) is 11.6 Å². The van der Waals surface area contributed by atoms with E-state index < -0.39 is 0 Å². The zero-order chi connectivity index (χ0) is 21.4. The lowest BCUT2D eigenvalue weighted by molar-refractivity contribution is -0.0591. The maximum absolute atomic E-state index is 12.9. The minimum absolute atomic E-state index is 0.0126. The first-order chi connectivity index (χ1) is 14.3. The summed E-state index contributed by atoms with van der Waals surface area (Å²) in [5.74, 6) is 0.859. The van der Waals surface area contributed by atoms with Gasteiger partial charge in [0.15, 0.2) is 5.76 Å². The molecule has 2 aliphatic heterocycles. The van der Waals surface area contributed by atoms with Gasteiger partial charge in [0.05, 0.1) is 17.2 Å². The highest BCUT2D eigenvalue weighted by atomic mass is 35.5. The number of benzene rings is 1. The molecule has 0 unspecified atom stereocenters. The summed E-state index contributed by atoms with van der Waals surface area (Å²) >= 11 is 6.47. The fraction of sp³-hybridized carbons (Fsp3) is 0.609. The van der Waals surface area contributed by atoms with Crippen molar-refractivity contribution >= 4 is 28.5 Å². The third-order valence-electron chi connectivity index (χ3n) is 5.99. The van der Waals surface area contributed by atoms with Crippen molar-refractivity contribution < 1.29 is 18.7 Å². The second kappa shape index (κ2) is 8.77. The second-order valence-electron chi connectivity index (χ2n) is 8.85. The largest absolute Gasteiger partial charge is 0.489 e. The lowest BCUT2D eigenvalue weighted by atomic mass is 10.1. The number of carbonyl (C=O) groups is 1. The van der Waals surface area contributed by atoms with Crippen LogP contribution in [0.1, 0.15) is 51.1 Å². The number of fused-ring (bicyclic) bond motifs is 1. The first-order valence-corrected chi connectivity index (χ1v) is 11.3. The lowest BCUT2D eigenvalue weighted by Gasteiger charge is -2.34. The SMILES string of the molecule is CC(C)N1CCC(Oc2cc3cc(C(=O)N4C[C@@H](C)O[C@@H](C)C4)oc3cc2Cl)CC1. The Morgan fingerprint density at radius 3 is 2.43 bits per heavy atom. The molecule has 0 saturated carbocycles. The fourth-order valence-electron chi connectivity index (χ4n) is 4.43.